The molecule has 0 aromatic carbocycles. The molecule has 2 aromatic heterocycles. The van der Waals surface area contributed by atoms with Gasteiger partial charge in [0.05, 0.1) is 12.8 Å². The van der Waals surface area contributed by atoms with Crippen LogP contribution < -0.4 is 5.32 Å². The zero-order valence-electron chi connectivity index (χ0n) is 12.8. The molecule has 0 amide bonds. The van der Waals surface area contributed by atoms with Crippen molar-refractivity contribution in [3.05, 3.63) is 46.0 Å². The summed E-state index contributed by atoms with van der Waals surface area (Å²) in [6.45, 7) is 9.16. The summed E-state index contributed by atoms with van der Waals surface area (Å²) in [6, 6.07) is 6.41. The predicted octanol–water partition coefficient (Wildman–Crippen LogP) is 3.86. The maximum Gasteiger partial charge on any atom is 0.118 e. The van der Waals surface area contributed by atoms with Crippen molar-refractivity contribution in [2.24, 2.45) is 0 Å². The first kappa shape index (κ1) is 15.3. The molecule has 20 heavy (non-hydrogen) atoms. The van der Waals surface area contributed by atoms with Crippen LogP contribution in [0.4, 0.5) is 0 Å². The molecule has 2 aromatic rings. The molecule has 2 rings (SSSR count). The Bertz CT molecular complexity index is 511. The Morgan fingerprint density at radius 2 is 2.10 bits per heavy atom. The molecular formula is C16H24N2OS. The predicted molar refractivity (Wildman–Crippen MR) is 84.8 cm³/mol. The highest BCUT2D eigenvalue weighted by molar-refractivity contribution is 7.09. The monoisotopic (exact) mass is 292 g/mol. The average molecular weight is 292 g/mol. The normalized spacial score (nSPS) is 12.2. The van der Waals surface area contributed by atoms with Gasteiger partial charge in [0.25, 0.3) is 0 Å². The first-order valence-electron chi connectivity index (χ1n) is 6.94. The zero-order chi connectivity index (χ0) is 14.6. The highest BCUT2D eigenvalue weighted by atomic mass is 32.1. The van der Waals surface area contributed by atoms with Gasteiger partial charge in [-0.1, -0.05) is 6.07 Å². The minimum Gasteiger partial charge on any atom is -0.468 e. The zero-order valence-corrected chi connectivity index (χ0v) is 13.6. The van der Waals surface area contributed by atoms with E-state index >= 15 is 0 Å². The quantitative estimate of drug-likeness (QED) is 0.876. The standard InChI is InChI=1S/C16H24N2OS/c1-16(2,3)17-9-13-8-14(19-12-13)10-18(4)11-15-6-5-7-20-15/h5-8,12,17H,9-11H2,1-4H3. The van der Waals surface area contributed by atoms with E-state index in [-0.39, 0.29) is 5.54 Å². The fourth-order valence-electron chi connectivity index (χ4n) is 1.96. The molecule has 0 bridgehead atoms. The Morgan fingerprint density at radius 1 is 1.30 bits per heavy atom. The van der Waals surface area contributed by atoms with Gasteiger partial charge in [0.2, 0.25) is 0 Å². The van der Waals surface area contributed by atoms with Crippen LogP contribution in [0.2, 0.25) is 0 Å². The van der Waals surface area contributed by atoms with Crippen molar-refractivity contribution in [2.45, 2.75) is 45.9 Å². The van der Waals surface area contributed by atoms with Crippen molar-refractivity contribution in [2.75, 3.05) is 7.05 Å². The third kappa shape index (κ3) is 5.12. The van der Waals surface area contributed by atoms with Gasteiger partial charge in [-0.2, -0.15) is 0 Å². The first-order chi connectivity index (χ1) is 9.42. The molecule has 0 aliphatic carbocycles. The van der Waals surface area contributed by atoms with Gasteiger partial charge in [-0.15, -0.1) is 11.3 Å². The van der Waals surface area contributed by atoms with E-state index in [1.54, 1.807) is 11.3 Å². The van der Waals surface area contributed by atoms with Crippen molar-refractivity contribution in [1.29, 1.82) is 0 Å². The molecule has 0 atom stereocenters. The Kier molecular flexibility index (Phi) is 5.02. The summed E-state index contributed by atoms with van der Waals surface area (Å²) < 4.78 is 5.64. The van der Waals surface area contributed by atoms with Crippen molar-refractivity contribution in [3.8, 4) is 0 Å². The highest BCUT2D eigenvalue weighted by Gasteiger charge is 2.11. The van der Waals surface area contributed by atoms with Gasteiger partial charge in [0.1, 0.15) is 5.76 Å². The summed E-state index contributed by atoms with van der Waals surface area (Å²) in [5, 5.41) is 5.59. The molecule has 2 heterocycles. The second-order valence-corrected chi connectivity index (χ2v) is 7.31. The largest absolute Gasteiger partial charge is 0.468 e. The number of hydrogen-bond acceptors (Lipinski definition) is 4. The van der Waals surface area contributed by atoms with Crippen molar-refractivity contribution in [1.82, 2.24) is 10.2 Å². The Hall–Kier alpha value is -1.10. The first-order valence-corrected chi connectivity index (χ1v) is 7.82. The van der Waals surface area contributed by atoms with E-state index in [2.05, 4.69) is 61.6 Å². The molecule has 0 radical (unpaired) electrons. The second kappa shape index (κ2) is 6.57. The van der Waals surface area contributed by atoms with Gasteiger partial charge >= 0.3 is 0 Å². The van der Waals surface area contributed by atoms with E-state index in [1.165, 1.54) is 10.4 Å². The molecule has 4 heteroatoms. The van der Waals surface area contributed by atoms with E-state index in [0.717, 1.165) is 25.4 Å². The van der Waals surface area contributed by atoms with Crippen LogP contribution in [0.15, 0.2) is 34.3 Å². The topological polar surface area (TPSA) is 28.4 Å². The van der Waals surface area contributed by atoms with E-state index < -0.39 is 0 Å². The highest BCUT2D eigenvalue weighted by Crippen LogP contribution is 2.15. The summed E-state index contributed by atoms with van der Waals surface area (Å²) in [5.74, 6) is 1.02. The van der Waals surface area contributed by atoms with Crippen LogP contribution in [0.1, 0.15) is 37.0 Å². The Morgan fingerprint density at radius 3 is 2.75 bits per heavy atom. The Balaban J connectivity index is 1.83. The molecule has 110 valence electrons. The molecule has 0 saturated carbocycles. The van der Waals surface area contributed by atoms with Crippen molar-refractivity contribution >= 4 is 11.3 Å². The van der Waals surface area contributed by atoms with Gasteiger partial charge in [-0.25, -0.2) is 0 Å². The van der Waals surface area contributed by atoms with Crippen molar-refractivity contribution in [3.63, 3.8) is 0 Å². The lowest BCUT2D eigenvalue weighted by molar-refractivity contribution is 0.290. The van der Waals surface area contributed by atoms with E-state index in [9.17, 15) is 0 Å². The molecule has 0 aliphatic heterocycles. The molecule has 0 saturated heterocycles. The molecule has 0 spiro atoms. The minimum absolute atomic E-state index is 0.132. The average Bonchev–Trinajstić information content (AvgIpc) is 2.97. The van der Waals surface area contributed by atoms with E-state index in [1.807, 2.05) is 6.26 Å². The number of rotatable bonds is 6. The van der Waals surface area contributed by atoms with Gasteiger partial charge in [-0.05, 0) is 45.3 Å². The summed E-state index contributed by atoms with van der Waals surface area (Å²) in [4.78, 5) is 3.65. The maximum atomic E-state index is 5.64. The molecule has 3 nitrogen and oxygen atoms in total. The Labute approximate surface area is 125 Å². The van der Waals surface area contributed by atoms with Gasteiger partial charge in [0.15, 0.2) is 0 Å². The van der Waals surface area contributed by atoms with Gasteiger partial charge in [-0.3, -0.25) is 4.90 Å². The van der Waals surface area contributed by atoms with Crippen LogP contribution >= 0.6 is 11.3 Å². The molecular weight excluding hydrogens is 268 g/mol. The summed E-state index contributed by atoms with van der Waals surface area (Å²) in [7, 11) is 2.12. The summed E-state index contributed by atoms with van der Waals surface area (Å²) >= 11 is 1.80. The smallest absolute Gasteiger partial charge is 0.118 e. The number of nitrogens with one attached hydrogen (secondary N) is 1. The minimum atomic E-state index is 0.132. The van der Waals surface area contributed by atoms with Crippen LogP contribution in [0.3, 0.4) is 0 Å². The lowest BCUT2D eigenvalue weighted by atomic mass is 10.1. The lowest BCUT2D eigenvalue weighted by Gasteiger charge is -2.19. The fraction of sp³-hybridized carbons (Fsp3) is 0.500. The summed E-state index contributed by atoms with van der Waals surface area (Å²) in [5.41, 5.74) is 1.34. The third-order valence-corrected chi connectivity index (χ3v) is 3.82. The molecule has 0 fully saturated rings. The number of nitrogens with zero attached hydrogens (tertiary/aromatic N) is 1. The van der Waals surface area contributed by atoms with Gasteiger partial charge < -0.3 is 9.73 Å². The van der Waals surface area contributed by atoms with E-state index in [0.29, 0.717) is 0 Å². The maximum absolute atomic E-state index is 5.64. The second-order valence-electron chi connectivity index (χ2n) is 6.28. The van der Waals surface area contributed by atoms with Crippen LogP contribution in [0, 0.1) is 0 Å². The molecule has 0 aliphatic rings. The third-order valence-electron chi connectivity index (χ3n) is 2.96. The number of thiophene rings is 1. The van der Waals surface area contributed by atoms with E-state index in [4.69, 9.17) is 4.42 Å². The fourth-order valence-corrected chi connectivity index (χ4v) is 2.74. The molecule has 1 N–H and O–H groups in total. The van der Waals surface area contributed by atoms with Crippen LogP contribution in [-0.4, -0.2) is 17.5 Å². The summed E-state index contributed by atoms with van der Waals surface area (Å²) in [6.07, 6.45) is 1.85. The lowest BCUT2D eigenvalue weighted by Crippen LogP contribution is -2.34. The number of hydrogen-bond donors (Lipinski definition) is 1. The van der Waals surface area contributed by atoms with Crippen LogP contribution in [0.25, 0.3) is 0 Å². The number of furan rings is 1. The van der Waals surface area contributed by atoms with Crippen LogP contribution in [-0.2, 0) is 19.6 Å². The van der Waals surface area contributed by atoms with Crippen LogP contribution in [0.5, 0.6) is 0 Å². The molecule has 0 unspecified atom stereocenters. The van der Waals surface area contributed by atoms with Crippen molar-refractivity contribution < 1.29 is 4.42 Å². The van der Waals surface area contributed by atoms with Gasteiger partial charge in [0, 0.05) is 29.1 Å². The SMILES string of the molecule is CN(Cc1cc(CNC(C)(C)C)co1)Cc1cccs1.